The van der Waals surface area contributed by atoms with Crippen molar-refractivity contribution in [1.29, 1.82) is 0 Å². The molecule has 100 valence electrons. The normalized spacial score (nSPS) is 19.8. The van der Waals surface area contributed by atoms with Crippen LogP contribution in [-0.4, -0.2) is 34.3 Å². The number of carbonyl (C=O) groups excluding carboxylic acids is 1. The van der Waals surface area contributed by atoms with Crippen LogP contribution < -0.4 is 0 Å². The maximum Gasteiger partial charge on any atom is 0.263 e. The van der Waals surface area contributed by atoms with Gasteiger partial charge >= 0.3 is 0 Å². The number of amides is 1. The number of rotatable bonds is 2. The molecular formula is C14H17N3O2. The molecule has 1 aliphatic heterocycles. The summed E-state index contributed by atoms with van der Waals surface area (Å²) >= 11 is 0. The molecule has 2 heterocycles. The summed E-state index contributed by atoms with van der Waals surface area (Å²) in [6.07, 6.45) is 5.16. The van der Waals surface area contributed by atoms with Gasteiger partial charge in [0.25, 0.3) is 5.91 Å². The Labute approximate surface area is 112 Å². The quantitative estimate of drug-likeness (QED) is 0.464. The van der Waals surface area contributed by atoms with Crippen LogP contribution in [0.3, 0.4) is 0 Å². The zero-order chi connectivity index (χ0) is 14.0. The topological polar surface area (TPSA) is 54.8 Å². The molecule has 19 heavy (non-hydrogen) atoms. The highest BCUT2D eigenvalue weighted by Crippen LogP contribution is 2.30. The van der Waals surface area contributed by atoms with E-state index < -0.39 is 0 Å². The van der Waals surface area contributed by atoms with E-state index in [1.165, 1.54) is 7.11 Å². The van der Waals surface area contributed by atoms with Gasteiger partial charge in [-0.1, -0.05) is 11.2 Å². The Morgan fingerprint density at radius 2 is 2.16 bits per heavy atom. The van der Waals surface area contributed by atoms with Gasteiger partial charge < -0.3 is 4.84 Å². The third-order valence-electron chi connectivity index (χ3n) is 2.73. The first-order chi connectivity index (χ1) is 8.95. The van der Waals surface area contributed by atoms with E-state index in [-0.39, 0.29) is 11.4 Å². The number of carbonyl (C=O) groups is 1. The number of pyridine rings is 1. The van der Waals surface area contributed by atoms with Crippen LogP contribution in [0.4, 0.5) is 0 Å². The Morgan fingerprint density at radius 3 is 2.68 bits per heavy atom. The first-order valence-corrected chi connectivity index (χ1v) is 6.03. The lowest BCUT2D eigenvalue weighted by Gasteiger charge is -2.43. The molecule has 5 nitrogen and oxygen atoms in total. The second-order valence-electron chi connectivity index (χ2n) is 5.25. The first kappa shape index (κ1) is 13.3. The van der Waals surface area contributed by atoms with Crippen molar-refractivity contribution in [3.63, 3.8) is 0 Å². The molecule has 0 bridgehead atoms. The lowest BCUT2D eigenvalue weighted by atomic mass is 9.93. The standard InChI is InChI=1S/C14H17N3O2/c1-14(2,3)17-12(16-19-4)11(13(17)18)8-10-6-5-7-15-9-10/h5-9H,1-4H3/b11-8-,16-12+. The van der Waals surface area contributed by atoms with Gasteiger partial charge in [0.1, 0.15) is 7.11 Å². The highest BCUT2D eigenvalue weighted by Gasteiger charge is 2.45. The average Bonchev–Trinajstić information content (AvgIpc) is 2.35. The van der Waals surface area contributed by atoms with Crippen molar-refractivity contribution in [3.05, 3.63) is 35.7 Å². The van der Waals surface area contributed by atoms with Crippen LogP contribution in [0.15, 0.2) is 35.3 Å². The molecule has 1 aromatic rings. The minimum Gasteiger partial charge on any atom is -0.397 e. The molecule has 0 unspecified atom stereocenters. The second kappa shape index (κ2) is 4.84. The van der Waals surface area contributed by atoms with Crippen LogP contribution in [0.5, 0.6) is 0 Å². The maximum atomic E-state index is 12.2. The Balaban J connectivity index is 2.36. The summed E-state index contributed by atoms with van der Waals surface area (Å²) in [7, 11) is 1.47. The van der Waals surface area contributed by atoms with Gasteiger partial charge in [-0.25, -0.2) is 0 Å². The molecule has 1 aliphatic rings. The van der Waals surface area contributed by atoms with Gasteiger partial charge in [-0.15, -0.1) is 0 Å². The average molecular weight is 259 g/mol. The predicted molar refractivity (Wildman–Crippen MR) is 73.3 cm³/mol. The summed E-state index contributed by atoms with van der Waals surface area (Å²) in [5, 5.41) is 3.94. The number of hydrogen-bond acceptors (Lipinski definition) is 4. The lowest BCUT2D eigenvalue weighted by Crippen LogP contribution is -2.60. The molecule has 0 saturated carbocycles. The number of oxime groups is 1. The maximum absolute atomic E-state index is 12.2. The van der Waals surface area contributed by atoms with Crippen LogP contribution in [-0.2, 0) is 9.63 Å². The summed E-state index contributed by atoms with van der Waals surface area (Å²) in [6.45, 7) is 5.87. The van der Waals surface area contributed by atoms with Crippen molar-refractivity contribution in [2.45, 2.75) is 26.3 Å². The van der Waals surface area contributed by atoms with Crippen molar-refractivity contribution in [1.82, 2.24) is 9.88 Å². The Kier molecular flexibility index (Phi) is 3.38. The van der Waals surface area contributed by atoms with Gasteiger partial charge in [-0.2, -0.15) is 0 Å². The van der Waals surface area contributed by atoms with Crippen molar-refractivity contribution in [3.8, 4) is 0 Å². The number of amidine groups is 1. The molecule has 1 saturated heterocycles. The van der Waals surface area contributed by atoms with E-state index in [0.29, 0.717) is 11.4 Å². The van der Waals surface area contributed by atoms with Gasteiger partial charge in [0, 0.05) is 17.9 Å². The smallest absolute Gasteiger partial charge is 0.263 e. The fourth-order valence-electron chi connectivity index (χ4n) is 1.93. The molecule has 1 fully saturated rings. The van der Waals surface area contributed by atoms with E-state index in [4.69, 9.17) is 4.84 Å². The second-order valence-corrected chi connectivity index (χ2v) is 5.25. The summed E-state index contributed by atoms with van der Waals surface area (Å²) < 4.78 is 0. The Morgan fingerprint density at radius 1 is 1.42 bits per heavy atom. The number of aromatic nitrogens is 1. The van der Waals surface area contributed by atoms with Gasteiger partial charge in [0.15, 0.2) is 5.84 Å². The number of nitrogens with zero attached hydrogens (tertiary/aromatic N) is 3. The highest BCUT2D eigenvalue weighted by molar-refractivity contribution is 6.38. The molecule has 0 aliphatic carbocycles. The van der Waals surface area contributed by atoms with Gasteiger partial charge in [-0.05, 0) is 38.5 Å². The van der Waals surface area contributed by atoms with E-state index in [2.05, 4.69) is 10.1 Å². The molecule has 2 rings (SSSR count). The fraction of sp³-hybridized carbons (Fsp3) is 0.357. The van der Waals surface area contributed by atoms with Crippen molar-refractivity contribution in [2.24, 2.45) is 5.16 Å². The molecule has 0 aromatic carbocycles. The van der Waals surface area contributed by atoms with E-state index in [0.717, 1.165) is 5.56 Å². The van der Waals surface area contributed by atoms with Crippen molar-refractivity contribution in [2.75, 3.05) is 7.11 Å². The zero-order valence-electron chi connectivity index (χ0n) is 11.5. The van der Waals surface area contributed by atoms with Gasteiger partial charge in [0.05, 0.1) is 5.57 Å². The largest absolute Gasteiger partial charge is 0.397 e. The fourth-order valence-corrected chi connectivity index (χ4v) is 1.93. The summed E-state index contributed by atoms with van der Waals surface area (Å²) in [5.41, 5.74) is 1.09. The highest BCUT2D eigenvalue weighted by atomic mass is 16.6. The van der Waals surface area contributed by atoms with Crippen LogP contribution in [0.25, 0.3) is 6.08 Å². The Bertz CT molecular complexity index is 542. The molecule has 0 spiro atoms. The molecule has 1 aromatic heterocycles. The third-order valence-corrected chi connectivity index (χ3v) is 2.73. The third kappa shape index (κ3) is 2.50. The van der Waals surface area contributed by atoms with E-state index in [1.807, 2.05) is 32.9 Å². The lowest BCUT2D eigenvalue weighted by molar-refractivity contribution is -0.129. The van der Waals surface area contributed by atoms with Crippen molar-refractivity contribution < 1.29 is 9.63 Å². The minimum atomic E-state index is -0.319. The summed E-state index contributed by atoms with van der Waals surface area (Å²) in [6, 6.07) is 3.71. The van der Waals surface area contributed by atoms with E-state index in [9.17, 15) is 4.79 Å². The van der Waals surface area contributed by atoms with E-state index >= 15 is 0 Å². The Hall–Kier alpha value is -2.17. The van der Waals surface area contributed by atoms with Gasteiger partial charge in [0.2, 0.25) is 0 Å². The van der Waals surface area contributed by atoms with Gasteiger partial charge in [-0.3, -0.25) is 14.7 Å². The number of β-lactam (4-membered cyclic amide) rings is 1. The minimum absolute atomic E-state index is 0.0489. The molecular weight excluding hydrogens is 242 g/mol. The van der Waals surface area contributed by atoms with Crippen LogP contribution in [0.2, 0.25) is 0 Å². The van der Waals surface area contributed by atoms with Crippen molar-refractivity contribution >= 4 is 17.8 Å². The molecule has 0 radical (unpaired) electrons. The monoisotopic (exact) mass is 259 g/mol. The van der Waals surface area contributed by atoms with Crippen LogP contribution in [0.1, 0.15) is 26.3 Å². The predicted octanol–water partition coefficient (Wildman–Crippen LogP) is 2.07. The summed E-state index contributed by atoms with van der Waals surface area (Å²) in [4.78, 5) is 22.7. The molecule has 5 heteroatoms. The zero-order valence-corrected chi connectivity index (χ0v) is 11.5. The van der Waals surface area contributed by atoms with E-state index in [1.54, 1.807) is 23.4 Å². The first-order valence-electron chi connectivity index (χ1n) is 6.03. The SMILES string of the molecule is CO/N=C1\C(=C\c2cccnc2)C(=O)N1C(C)(C)C. The molecule has 0 atom stereocenters. The van der Waals surface area contributed by atoms with Crippen LogP contribution in [0, 0.1) is 0 Å². The number of likely N-dealkylation sites (tertiary alicyclic amines) is 1. The summed E-state index contributed by atoms with van der Waals surface area (Å²) in [5.74, 6) is 0.510. The number of hydrogen-bond donors (Lipinski definition) is 0. The van der Waals surface area contributed by atoms with Crippen LogP contribution >= 0.6 is 0 Å². The molecule has 1 amide bonds. The molecule has 0 N–H and O–H groups in total.